The first kappa shape index (κ1) is 36.6. The predicted octanol–water partition coefficient (Wildman–Crippen LogP) is 10.3. The van der Waals surface area contributed by atoms with Gasteiger partial charge < -0.3 is 18.9 Å². The third-order valence-electron chi connectivity index (χ3n) is 8.29. The molecule has 258 valence electrons. The second-order valence-electron chi connectivity index (χ2n) is 11.9. The normalized spacial score (nSPS) is 11.2. The molecular weight excluding hydrogens is 620 g/mol. The average Bonchev–Trinajstić information content (AvgIpc) is 3.10. The van der Waals surface area contributed by atoms with Gasteiger partial charge in [0, 0.05) is 0 Å². The van der Waals surface area contributed by atoms with E-state index in [1.54, 1.807) is 26.0 Å². The Morgan fingerprint density at radius 3 is 1.25 bits per heavy atom. The van der Waals surface area contributed by atoms with E-state index in [1.165, 1.54) is 12.1 Å². The van der Waals surface area contributed by atoms with E-state index >= 15 is 0 Å². The van der Waals surface area contributed by atoms with Gasteiger partial charge in [0.2, 0.25) is 11.6 Å². The molecule has 0 atom stereocenters. The Bertz CT molecular complexity index is 1440. The van der Waals surface area contributed by atoms with E-state index in [1.807, 2.05) is 48.5 Å². The van der Waals surface area contributed by atoms with Crippen LogP contribution in [0.1, 0.15) is 68.7 Å². The van der Waals surface area contributed by atoms with Crippen LogP contribution in [0.4, 0.5) is 17.6 Å². The molecule has 0 saturated carbocycles. The lowest BCUT2D eigenvalue weighted by atomic mass is 10.0. The van der Waals surface area contributed by atoms with Crippen molar-refractivity contribution in [2.24, 2.45) is 5.92 Å². The van der Waals surface area contributed by atoms with Crippen molar-refractivity contribution in [2.45, 2.75) is 72.1 Å². The molecule has 0 spiro atoms. The van der Waals surface area contributed by atoms with Crippen LogP contribution >= 0.6 is 0 Å². The smallest absolute Gasteiger partial charge is 0.200 e. The van der Waals surface area contributed by atoms with Crippen LogP contribution in [0.25, 0.3) is 0 Å². The molecule has 0 heterocycles. The molecule has 4 rings (SSSR count). The molecule has 0 N–H and O–H groups in total. The maximum atomic E-state index is 14.4. The number of ether oxygens (including phenoxy) is 4. The first-order chi connectivity index (χ1) is 23.3. The van der Waals surface area contributed by atoms with Gasteiger partial charge in [-0.05, 0) is 130 Å². The van der Waals surface area contributed by atoms with Gasteiger partial charge in [0.15, 0.2) is 23.1 Å². The van der Waals surface area contributed by atoms with Crippen molar-refractivity contribution < 1.29 is 36.5 Å². The molecule has 4 aromatic carbocycles. The Morgan fingerprint density at radius 2 is 0.875 bits per heavy atom. The lowest BCUT2D eigenvalue weighted by Crippen LogP contribution is -2.04. The van der Waals surface area contributed by atoms with E-state index in [2.05, 4.69) is 6.92 Å². The number of benzene rings is 4. The molecule has 8 heteroatoms. The summed E-state index contributed by atoms with van der Waals surface area (Å²) in [6.07, 6.45) is 5.96. The highest BCUT2D eigenvalue weighted by Gasteiger charge is 2.15. The summed E-state index contributed by atoms with van der Waals surface area (Å²) in [6.45, 7) is 7.52. The first-order valence-corrected chi connectivity index (χ1v) is 16.9. The summed E-state index contributed by atoms with van der Waals surface area (Å²) < 4.78 is 79.0. The third kappa shape index (κ3) is 10.9. The Labute approximate surface area is 282 Å². The van der Waals surface area contributed by atoms with Crippen LogP contribution in [0.2, 0.25) is 0 Å². The minimum atomic E-state index is -0.933. The Balaban J connectivity index is 1.07. The van der Waals surface area contributed by atoms with Gasteiger partial charge in [0.05, 0.1) is 26.4 Å². The number of aryl methyl sites for hydroxylation is 4. The predicted molar refractivity (Wildman–Crippen MR) is 181 cm³/mol. The zero-order valence-electron chi connectivity index (χ0n) is 28.1. The Morgan fingerprint density at radius 1 is 0.479 bits per heavy atom. The van der Waals surface area contributed by atoms with Crippen LogP contribution in [0.15, 0.2) is 72.8 Å². The molecule has 0 aliphatic rings. The minimum Gasteiger partial charge on any atom is -0.494 e. The molecule has 0 bridgehead atoms. The van der Waals surface area contributed by atoms with Crippen molar-refractivity contribution in [1.29, 1.82) is 0 Å². The van der Waals surface area contributed by atoms with Gasteiger partial charge in [0.1, 0.15) is 11.5 Å². The van der Waals surface area contributed by atoms with E-state index < -0.39 is 23.3 Å². The second-order valence-corrected chi connectivity index (χ2v) is 11.9. The van der Waals surface area contributed by atoms with Crippen molar-refractivity contribution in [1.82, 2.24) is 0 Å². The topological polar surface area (TPSA) is 36.9 Å². The molecule has 48 heavy (non-hydrogen) atoms. The van der Waals surface area contributed by atoms with Gasteiger partial charge in [-0.25, -0.2) is 8.78 Å². The molecule has 0 aromatic heterocycles. The summed E-state index contributed by atoms with van der Waals surface area (Å²) in [4.78, 5) is 0. The van der Waals surface area contributed by atoms with Crippen molar-refractivity contribution in [3.63, 3.8) is 0 Å². The van der Waals surface area contributed by atoms with Gasteiger partial charge in [-0.3, -0.25) is 0 Å². The molecule has 0 saturated heterocycles. The summed E-state index contributed by atoms with van der Waals surface area (Å²) in [7, 11) is 0. The first-order valence-electron chi connectivity index (χ1n) is 16.9. The summed E-state index contributed by atoms with van der Waals surface area (Å²) in [6, 6.07) is 21.6. The Kier molecular flexibility index (Phi) is 14.5. The Hall–Kier alpha value is -4.20. The largest absolute Gasteiger partial charge is 0.494 e. The summed E-state index contributed by atoms with van der Waals surface area (Å²) in [5.41, 5.74) is 2.71. The summed E-state index contributed by atoms with van der Waals surface area (Å²) in [5, 5.41) is 0. The van der Waals surface area contributed by atoms with Crippen molar-refractivity contribution in [2.75, 3.05) is 26.4 Å². The van der Waals surface area contributed by atoms with Crippen molar-refractivity contribution >= 4 is 0 Å². The monoisotopic (exact) mass is 666 g/mol. The summed E-state index contributed by atoms with van der Waals surface area (Å²) in [5.74, 6) is -1.54. The molecule has 0 radical (unpaired) electrons. The standard InChI is InChI=1S/C40H46F4O4/c1-4-45-35-24-18-31(37(41)39(35)43)16-10-29-12-20-33(21-13-29)47-26-6-8-28(3)9-7-27-48-34-22-14-30(15-23-34)11-17-32-19-25-36(46-5-2)40(44)38(32)42/h12-15,18-25,28H,4-11,16-17,26-27H2,1-3H3. The van der Waals surface area contributed by atoms with Crippen molar-refractivity contribution in [3.05, 3.63) is 118 Å². The molecule has 4 nitrogen and oxygen atoms in total. The fraction of sp³-hybridized carbons (Fsp3) is 0.400. The number of hydrogen-bond acceptors (Lipinski definition) is 4. The van der Waals surface area contributed by atoms with E-state index in [0.29, 0.717) is 55.9 Å². The van der Waals surface area contributed by atoms with Gasteiger partial charge in [0.25, 0.3) is 0 Å². The fourth-order valence-corrected chi connectivity index (χ4v) is 5.51. The SMILES string of the molecule is CCOc1ccc(CCc2ccc(OCCCC(C)CCCOc3ccc(CCc4ccc(OCC)c(F)c4F)cc3)cc2)c(F)c1F. The van der Waals surface area contributed by atoms with Crippen LogP contribution in [0.5, 0.6) is 23.0 Å². The molecular formula is C40H46F4O4. The lowest BCUT2D eigenvalue weighted by Gasteiger charge is -2.13. The maximum Gasteiger partial charge on any atom is 0.200 e. The van der Waals surface area contributed by atoms with E-state index in [0.717, 1.165) is 48.3 Å². The molecule has 4 aromatic rings. The molecule has 0 amide bonds. The van der Waals surface area contributed by atoms with Crippen LogP contribution in [0, 0.1) is 29.2 Å². The highest BCUT2D eigenvalue weighted by molar-refractivity contribution is 5.34. The van der Waals surface area contributed by atoms with Gasteiger partial charge in [-0.15, -0.1) is 0 Å². The van der Waals surface area contributed by atoms with Crippen LogP contribution < -0.4 is 18.9 Å². The van der Waals surface area contributed by atoms with Gasteiger partial charge in [-0.2, -0.15) is 8.78 Å². The van der Waals surface area contributed by atoms with Crippen LogP contribution in [-0.2, 0) is 25.7 Å². The van der Waals surface area contributed by atoms with E-state index in [4.69, 9.17) is 18.9 Å². The number of halogens is 4. The minimum absolute atomic E-state index is 0.0576. The lowest BCUT2D eigenvalue weighted by molar-refractivity contribution is 0.274. The van der Waals surface area contributed by atoms with Crippen LogP contribution in [-0.4, -0.2) is 26.4 Å². The molecule has 0 fully saturated rings. The highest BCUT2D eigenvalue weighted by atomic mass is 19.2. The summed E-state index contributed by atoms with van der Waals surface area (Å²) >= 11 is 0. The second kappa shape index (κ2) is 19.0. The van der Waals surface area contributed by atoms with Crippen LogP contribution in [0.3, 0.4) is 0 Å². The molecule has 0 aliphatic carbocycles. The number of rotatable bonds is 20. The van der Waals surface area contributed by atoms with E-state index in [9.17, 15) is 17.6 Å². The average molecular weight is 667 g/mol. The fourth-order valence-electron chi connectivity index (χ4n) is 5.51. The number of hydrogen-bond donors (Lipinski definition) is 0. The zero-order chi connectivity index (χ0) is 34.3. The highest BCUT2D eigenvalue weighted by Crippen LogP contribution is 2.26. The molecule has 0 unspecified atom stereocenters. The van der Waals surface area contributed by atoms with Crippen molar-refractivity contribution in [3.8, 4) is 23.0 Å². The van der Waals surface area contributed by atoms with E-state index in [-0.39, 0.29) is 24.7 Å². The van der Waals surface area contributed by atoms with Gasteiger partial charge in [-0.1, -0.05) is 43.3 Å². The third-order valence-corrected chi connectivity index (χ3v) is 8.29. The molecule has 0 aliphatic heterocycles. The quantitative estimate of drug-likeness (QED) is 0.0695. The zero-order valence-corrected chi connectivity index (χ0v) is 28.1. The van der Waals surface area contributed by atoms with Gasteiger partial charge >= 0.3 is 0 Å². The maximum absolute atomic E-state index is 14.4.